The van der Waals surface area contributed by atoms with Crippen LogP contribution < -0.4 is 4.74 Å². The first kappa shape index (κ1) is 18.9. The van der Waals surface area contributed by atoms with Crippen LogP contribution in [0, 0.1) is 5.92 Å². The zero-order chi connectivity index (χ0) is 20.7. The number of hydrogen-bond acceptors (Lipinski definition) is 6. The van der Waals surface area contributed by atoms with E-state index in [-0.39, 0.29) is 11.5 Å². The quantitative estimate of drug-likeness (QED) is 0.805. The Hall–Kier alpha value is -3.41. The number of ketones is 1. The molecule has 6 heteroatoms. The summed E-state index contributed by atoms with van der Waals surface area (Å²) in [5.74, 6) is -1.52. The summed E-state index contributed by atoms with van der Waals surface area (Å²) in [7, 11) is 1.31. The van der Waals surface area contributed by atoms with Gasteiger partial charge < -0.3 is 14.6 Å². The SMILES string of the molecule is CCOc1cc([C@@H]2C(C(=O)OC)=C(C)N=C3c4ccccc4C(=O)C32)ccc1O. The van der Waals surface area contributed by atoms with Gasteiger partial charge in [0.15, 0.2) is 17.3 Å². The van der Waals surface area contributed by atoms with E-state index in [4.69, 9.17) is 9.47 Å². The van der Waals surface area contributed by atoms with Crippen molar-refractivity contribution in [1.82, 2.24) is 0 Å². The lowest BCUT2D eigenvalue weighted by Gasteiger charge is -2.30. The number of phenolic OH excluding ortho intramolecular Hbond substituents is 1. The van der Waals surface area contributed by atoms with Crippen LogP contribution in [-0.4, -0.2) is 36.3 Å². The van der Waals surface area contributed by atoms with Gasteiger partial charge in [-0.15, -0.1) is 0 Å². The van der Waals surface area contributed by atoms with E-state index < -0.39 is 17.8 Å². The summed E-state index contributed by atoms with van der Waals surface area (Å²) in [6, 6.07) is 12.3. The summed E-state index contributed by atoms with van der Waals surface area (Å²) in [6.07, 6.45) is 0. The number of phenols is 1. The molecular formula is C23H21NO5. The number of Topliss-reactive ketones (excluding diaryl/α,β-unsaturated/α-hetero) is 1. The van der Waals surface area contributed by atoms with Crippen LogP contribution in [-0.2, 0) is 9.53 Å². The molecular weight excluding hydrogens is 370 g/mol. The Balaban J connectivity index is 1.94. The number of fused-ring (bicyclic) bond motifs is 3. The van der Waals surface area contributed by atoms with Crippen LogP contribution >= 0.6 is 0 Å². The van der Waals surface area contributed by atoms with Crippen molar-refractivity contribution >= 4 is 17.5 Å². The topological polar surface area (TPSA) is 85.2 Å². The third-order valence-electron chi connectivity index (χ3n) is 5.42. The molecule has 6 nitrogen and oxygen atoms in total. The third kappa shape index (κ3) is 2.92. The minimum Gasteiger partial charge on any atom is -0.504 e. The average molecular weight is 391 g/mol. The molecule has 0 bridgehead atoms. The van der Waals surface area contributed by atoms with Crippen molar-refractivity contribution < 1.29 is 24.2 Å². The van der Waals surface area contributed by atoms with Gasteiger partial charge in [-0.2, -0.15) is 0 Å². The number of carbonyl (C=O) groups excluding carboxylic acids is 2. The van der Waals surface area contributed by atoms with E-state index in [0.717, 1.165) is 5.56 Å². The highest BCUT2D eigenvalue weighted by Crippen LogP contribution is 2.47. The van der Waals surface area contributed by atoms with Crippen molar-refractivity contribution in [2.45, 2.75) is 19.8 Å². The molecule has 1 unspecified atom stereocenters. The lowest BCUT2D eigenvalue weighted by molar-refractivity contribution is -0.136. The molecule has 0 amide bonds. The van der Waals surface area contributed by atoms with Gasteiger partial charge in [-0.1, -0.05) is 30.3 Å². The standard InChI is InChI=1S/C23H21NO5/c1-4-29-17-11-13(9-10-16(17)25)19-18(23(27)28-3)12(2)24-21-14-7-5-6-8-15(14)22(26)20(19)21/h5-11,19-20,25H,4H2,1-3H3/t19-,20?/m1/s1. The van der Waals surface area contributed by atoms with E-state index in [9.17, 15) is 14.7 Å². The van der Waals surface area contributed by atoms with Gasteiger partial charge in [0, 0.05) is 22.7 Å². The Bertz CT molecular complexity index is 1080. The number of allylic oxidation sites excluding steroid dienone is 1. The van der Waals surface area contributed by atoms with Gasteiger partial charge in [0.25, 0.3) is 0 Å². The van der Waals surface area contributed by atoms with Crippen LogP contribution in [0.5, 0.6) is 11.5 Å². The summed E-state index contributed by atoms with van der Waals surface area (Å²) in [6.45, 7) is 3.94. The third-order valence-corrected chi connectivity index (χ3v) is 5.42. The number of aromatic hydroxyl groups is 1. The van der Waals surface area contributed by atoms with Crippen molar-refractivity contribution in [3.05, 3.63) is 70.4 Å². The van der Waals surface area contributed by atoms with Crippen LogP contribution in [0.4, 0.5) is 0 Å². The molecule has 1 heterocycles. The highest BCUT2D eigenvalue weighted by atomic mass is 16.5. The van der Waals surface area contributed by atoms with E-state index in [1.807, 2.05) is 25.1 Å². The zero-order valence-corrected chi connectivity index (χ0v) is 16.4. The molecule has 2 atom stereocenters. The zero-order valence-electron chi connectivity index (χ0n) is 16.4. The number of carbonyl (C=O) groups is 2. The minimum absolute atomic E-state index is 0.00153. The number of hydrogen-bond donors (Lipinski definition) is 1. The normalized spacial score (nSPS) is 20.1. The highest BCUT2D eigenvalue weighted by Gasteiger charge is 2.48. The maximum absolute atomic E-state index is 13.3. The first-order chi connectivity index (χ1) is 14.0. The number of ether oxygens (including phenoxy) is 2. The van der Waals surface area contributed by atoms with Gasteiger partial charge >= 0.3 is 5.97 Å². The predicted molar refractivity (Wildman–Crippen MR) is 108 cm³/mol. The van der Waals surface area contributed by atoms with Crippen LogP contribution in [0.2, 0.25) is 0 Å². The first-order valence-corrected chi connectivity index (χ1v) is 9.44. The van der Waals surface area contributed by atoms with Crippen molar-refractivity contribution in [2.75, 3.05) is 13.7 Å². The van der Waals surface area contributed by atoms with Crippen molar-refractivity contribution in [2.24, 2.45) is 10.9 Å². The Labute approximate surface area is 168 Å². The summed E-state index contributed by atoms with van der Waals surface area (Å²) in [5, 5.41) is 10.1. The lowest BCUT2D eigenvalue weighted by atomic mass is 9.75. The molecule has 1 aliphatic carbocycles. The van der Waals surface area contributed by atoms with E-state index in [2.05, 4.69) is 4.99 Å². The van der Waals surface area contributed by atoms with Gasteiger partial charge in [0.05, 0.1) is 30.9 Å². The molecule has 2 aliphatic rings. The Morgan fingerprint density at radius 3 is 2.55 bits per heavy atom. The minimum atomic E-state index is -0.635. The number of methoxy groups -OCH3 is 1. The van der Waals surface area contributed by atoms with Crippen LogP contribution in [0.1, 0.15) is 41.3 Å². The molecule has 4 rings (SSSR count). The fourth-order valence-corrected chi connectivity index (χ4v) is 4.19. The van der Waals surface area contributed by atoms with Gasteiger partial charge in [-0.05, 0) is 31.5 Å². The van der Waals surface area contributed by atoms with Crippen molar-refractivity contribution in [1.29, 1.82) is 0 Å². The molecule has 0 saturated heterocycles. The number of esters is 1. The highest BCUT2D eigenvalue weighted by molar-refractivity contribution is 6.30. The van der Waals surface area contributed by atoms with Gasteiger partial charge in [0.2, 0.25) is 0 Å². The number of rotatable bonds is 4. The number of aliphatic imine (C=N–C) groups is 1. The Morgan fingerprint density at radius 2 is 1.86 bits per heavy atom. The largest absolute Gasteiger partial charge is 0.504 e. The fraction of sp³-hybridized carbons (Fsp3) is 0.261. The molecule has 29 heavy (non-hydrogen) atoms. The summed E-state index contributed by atoms with van der Waals surface area (Å²) >= 11 is 0. The molecule has 148 valence electrons. The second-order valence-electron chi connectivity index (χ2n) is 7.01. The maximum atomic E-state index is 13.3. The number of nitrogens with zero attached hydrogens (tertiary/aromatic N) is 1. The lowest BCUT2D eigenvalue weighted by Crippen LogP contribution is -2.32. The Kier molecular flexibility index (Phi) is 4.70. The molecule has 2 aromatic carbocycles. The molecule has 0 spiro atoms. The maximum Gasteiger partial charge on any atom is 0.336 e. The fourth-order valence-electron chi connectivity index (χ4n) is 4.19. The van der Waals surface area contributed by atoms with Crippen LogP contribution in [0.15, 0.2) is 58.7 Å². The molecule has 0 saturated carbocycles. The molecule has 0 fully saturated rings. The Morgan fingerprint density at radius 1 is 1.14 bits per heavy atom. The molecule has 0 aromatic heterocycles. The second-order valence-corrected chi connectivity index (χ2v) is 7.01. The van der Waals surface area contributed by atoms with Gasteiger partial charge in [-0.25, -0.2) is 4.79 Å². The summed E-state index contributed by atoms with van der Waals surface area (Å²) in [5.41, 5.74) is 3.60. The van der Waals surface area contributed by atoms with E-state index >= 15 is 0 Å². The van der Waals surface area contributed by atoms with Crippen molar-refractivity contribution in [3.8, 4) is 11.5 Å². The van der Waals surface area contributed by atoms with Gasteiger partial charge in [0.1, 0.15) is 0 Å². The van der Waals surface area contributed by atoms with Gasteiger partial charge in [-0.3, -0.25) is 9.79 Å². The smallest absolute Gasteiger partial charge is 0.336 e. The number of benzene rings is 2. The molecule has 2 aromatic rings. The van der Waals surface area contributed by atoms with E-state index in [0.29, 0.717) is 40.5 Å². The molecule has 1 N–H and O–H groups in total. The molecule has 1 aliphatic heterocycles. The van der Waals surface area contributed by atoms with E-state index in [1.54, 1.807) is 25.1 Å². The first-order valence-electron chi connectivity index (χ1n) is 9.44. The van der Waals surface area contributed by atoms with Crippen LogP contribution in [0.25, 0.3) is 0 Å². The van der Waals surface area contributed by atoms with Crippen LogP contribution in [0.3, 0.4) is 0 Å². The second kappa shape index (κ2) is 7.20. The van der Waals surface area contributed by atoms with E-state index in [1.165, 1.54) is 13.2 Å². The monoisotopic (exact) mass is 391 g/mol. The molecule has 0 radical (unpaired) electrons. The summed E-state index contributed by atoms with van der Waals surface area (Å²) in [4.78, 5) is 30.6. The predicted octanol–water partition coefficient (Wildman–Crippen LogP) is 3.64. The average Bonchev–Trinajstić information content (AvgIpc) is 3.00. The van der Waals surface area contributed by atoms with Crippen molar-refractivity contribution in [3.63, 3.8) is 0 Å². The summed E-state index contributed by atoms with van der Waals surface area (Å²) < 4.78 is 10.5.